The Morgan fingerprint density at radius 2 is 1.88 bits per heavy atom. The van der Waals surface area contributed by atoms with Gasteiger partial charge in [0.05, 0.1) is 22.5 Å². The van der Waals surface area contributed by atoms with Gasteiger partial charge < -0.3 is 15.5 Å². The number of aromatic nitrogens is 2. The van der Waals surface area contributed by atoms with E-state index in [0.717, 1.165) is 29.2 Å². The number of carbonyl (C=O) groups excluding carboxylic acids is 1. The summed E-state index contributed by atoms with van der Waals surface area (Å²) >= 11 is 7.25. The quantitative estimate of drug-likeness (QED) is 0.610. The number of hydrogen-bond acceptors (Lipinski definition) is 5. The summed E-state index contributed by atoms with van der Waals surface area (Å²) in [6.45, 7) is 1.84. The minimum Gasteiger partial charge on any atom is -0.338 e. The highest BCUT2D eigenvalue weighted by Gasteiger charge is 2.23. The summed E-state index contributed by atoms with van der Waals surface area (Å²) in [6.07, 6.45) is 8.18. The smallest absolute Gasteiger partial charge is 0.314 e. The molecule has 3 rings (SSSR count). The van der Waals surface area contributed by atoms with Gasteiger partial charge in [-0.25, -0.2) is 4.79 Å². The van der Waals surface area contributed by atoms with Crippen LogP contribution in [0.25, 0.3) is 0 Å². The fraction of sp³-hybridized carbons (Fsp3) is 0.312. The highest BCUT2D eigenvalue weighted by molar-refractivity contribution is 7.99. The zero-order valence-corrected chi connectivity index (χ0v) is 14.6. The van der Waals surface area contributed by atoms with Gasteiger partial charge in [0.1, 0.15) is 0 Å². The van der Waals surface area contributed by atoms with Crippen LogP contribution >= 0.6 is 23.4 Å². The number of halogens is 1. The van der Waals surface area contributed by atoms with Gasteiger partial charge in [0.25, 0.3) is 0 Å². The monoisotopic (exact) mass is 363 g/mol. The van der Waals surface area contributed by atoms with Crippen molar-refractivity contribution in [2.24, 2.45) is 0 Å². The van der Waals surface area contributed by atoms with Gasteiger partial charge in [-0.05, 0) is 18.6 Å². The average Bonchev–Trinajstić information content (AvgIpc) is 2.62. The molecule has 0 radical (unpaired) electrons. The van der Waals surface area contributed by atoms with E-state index in [9.17, 15) is 4.79 Å². The summed E-state index contributed by atoms with van der Waals surface area (Å²) in [6, 6.07) is 3.84. The Hall–Kier alpha value is -1.99. The van der Waals surface area contributed by atoms with E-state index in [4.69, 9.17) is 11.6 Å². The highest BCUT2D eigenvalue weighted by atomic mass is 35.5. The third-order valence-corrected chi connectivity index (χ3v) is 4.84. The maximum absolute atomic E-state index is 11.5. The van der Waals surface area contributed by atoms with Gasteiger partial charge in [-0.2, -0.15) is 0 Å². The van der Waals surface area contributed by atoms with Crippen LogP contribution in [-0.4, -0.2) is 41.5 Å². The van der Waals surface area contributed by atoms with E-state index in [1.54, 1.807) is 24.2 Å². The molecule has 1 aliphatic heterocycles. The fourth-order valence-corrected chi connectivity index (χ4v) is 3.61. The first kappa shape index (κ1) is 16.9. The second kappa shape index (κ2) is 8.21. The third kappa shape index (κ3) is 3.91. The Bertz CT molecular complexity index is 669. The van der Waals surface area contributed by atoms with Crippen molar-refractivity contribution < 1.29 is 4.79 Å². The Kier molecular flexibility index (Phi) is 5.77. The summed E-state index contributed by atoms with van der Waals surface area (Å²) in [7, 11) is 0. The second-order valence-electron chi connectivity index (χ2n) is 5.17. The molecule has 2 aromatic rings. The number of fused-ring (bicyclic) bond motifs is 2. The van der Waals surface area contributed by atoms with E-state index >= 15 is 0 Å². The summed E-state index contributed by atoms with van der Waals surface area (Å²) < 4.78 is 0. The van der Waals surface area contributed by atoms with Crippen LogP contribution in [-0.2, 0) is 0 Å². The molecule has 0 atom stereocenters. The Morgan fingerprint density at radius 3 is 2.75 bits per heavy atom. The normalized spacial score (nSPS) is 12.3. The van der Waals surface area contributed by atoms with Crippen LogP contribution in [0, 0.1) is 0 Å². The molecule has 1 aliphatic rings. The van der Waals surface area contributed by atoms with Crippen LogP contribution in [0.4, 0.5) is 16.2 Å². The number of nitrogens with zero attached hydrogens (tertiary/aromatic N) is 3. The number of urea groups is 1. The molecule has 0 aromatic carbocycles. The van der Waals surface area contributed by atoms with Crippen molar-refractivity contribution in [2.45, 2.75) is 16.2 Å². The van der Waals surface area contributed by atoms with Gasteiger partial charge >= 0.3 is 6.03 Å². The number of anilines is 2. The average molecular weight is 364 g/mol. The molecule has 0 saturated carbocycles. The van der Waals surface area contributed by atoms with Gasteiger partial charge in [0.15, 0.2) is 0 Å². The largest absolute Gasteiger partial charge is 0.338 e. The number of pyridine rings is 2. The van der Waals surface area contributed by atoms with Crippen molar-refractivity contribution in [3.8, 4) is 0 Å². The maximum atomic E-state index is 11.5. The molecule has 3 heterocycles. The molecule has 126 valence electrons. The van der Waals surface area contributed by atoms with E-state index in [2.05, 4.69) is 25.5 Å². The number of rotatable bonds is 6. The molecule has 0 spiro atoms. The lowest BCUT2D eigenvalue weighted by atomic mass is 10.2. The first-order valence-electron chi connectivity index (χ1n) is 7.70. The van der Waals surface area contributed by atoms with E-state index < -0.39 is 0 Å². The van der Waals surface area contributed by atoms with Gasteiger partial charge in [-0.15, -0.1) is 11.6 Å². The molecular weight excluding hydrogens is 346 g/mol. The fourth-order valence-electron chi connectivity index (χ4n) is 2.49. The highest BCUT2D eigenvalue weighted by Crippen LogP contribution is 2.46. The molecule has 0 bridgehead atoms. The molecule has 0 fully saturated rings. The van der Waals surface area contributed by atoms with Crippen molar-refractivity contribution in [3.63, 3.8) is 0 Å². The zero-order chi connectivity index (χ0) is 16.8. The Morgan fingerprint density at radius 1 is 1.08 bits per heavy atom. The first-order valence-corrected chi connectivity index (χ1v) is 9.06. The van der Waals surface area contributed by atoms with Crippen molar-refractivity contribution in [1.82, 2.24) is 20.6 Å². The van der Waals surface area contributed by atoms with Crippen LogP contribution in [0.1, 0.15) is 6.42 Å². The standard InChI is InChI=1S/C16H18ClN5OS/c17-4-8-21-16(23)20-5-1-9-22-12-2-6-19-11-15(12)24-14-3-7-18-10-13(14)22/h2-3,6-7,10-11H,1,4-5,8-9H2,(H2,20,21,23). The summed E-state index contributed by atoms with van der Waals surface area (Å²) in [5.74, 6) is 0.410. The van der Waals surface area contributed by atoms with Crippen molar-refractivity contribution in [3.05, 3.63) is 36.9 Å². The van der Waals surface area contributed by atoms with Gasteiger partial charge in [-0.3, -0.25) is 9.97 Å². The predicted octanol–water partition coefficient (Wildman–Crippen LogP) is 3.01. The number of hydrogen-bond donors (Lipinski definition) is 2. The molecule has 6 nitrogen and oxygen atoms in total. The minimum absolute atomic E-state index is 0.184. The zero-order valence-electron chi connectivity index (χ0n) is 13.0. The maximum Gasteiger partial charge on any atom is 0.314 e. The molecule has 0 saturated heterocycles. The third-order valence-electron chi connectivity index (χ3n) is 3.55. The van der Waals surface area contributed by atoms with E-state index in [1.165, 1.54) is 4.90 Å². The summed E-state index contributed by atoms with van der Waals surface area (Å²) in [5, 5.41) is 5.52. The molecule has 2 aromatic heterocycles. The lowest BCUT2D eigenvalue weighted by molar-refractivity contribution is 0.241. The summed E-state index contributed by atoms with van der Waals surface area (Å²) in [5.41, 5.74) is 2.22. The predicted molar refractivity (Wildman–Crippen MR) is 96.3 cm³/mol. The Balaban J connectivity index is 1.64. The van der Waals surface area contributed by atoms with Crippen LogP contribution in [0.3, 0.4) is 0 Å². The Labute approximate surface area is 150 Å². The van der Waals surface area contributed by atoms with E-state index in [-0.39, 0.29) is 6.03 Å². The van der Waals surface area contributed by atoms with Crippen LogP contribution in [0.5, 0.6) is 0 Å². The minimum atomic E-state index is -0.184. The summed E-state index contributed by atoms with van der Waals surface area (Å²) in [4.78, 5) is 24.5. The lowest BCUT2D eigenvalue weighted by Crippen LogP contribution is -2.37. The van der Waals surface area contributed by atoms with Crippen molar-refractivity contribution >= 4 is 40.8 Å². The van der Waals surface area contributed by atoms with E-state index in [1.807, 2.05) is 24.5 Å². The van der Waals surface area contributed by atoms with E-state index in [0.29, 0.717) is 19.0 Å². The topological polar surface area (TPSA) is 70.2 Å². The number of nitrogens with one attached hydrogen (secondary N) is 2. The second-order valence-corrected chi connectivity index (χ2v) is 6.63. The first-order chi connectivity index (χ1) is 11.8. The molecule has 0 unspecified atom stereocenters. The van der Waals surface area contributed by atoms with Crippen LogP contribution in [0.2, 0.25) is 0 Å². The van der Waals surface area contributed by atoms with Gasteiger partial charge in [0.2, 0.25) is 0 Å². The molecule has 2 N–H and O–H groups in total. The van der Waals surface area contributed by atoms with Crippen LogP contribution in [0.15, 0.2) is 46.7 Å². The van der Waals surface area contributed by atoms with Gasteiger partial charge in [-0.1, -0.05) is 11.8 Å². The molecule has 8 heteroatoms. The van der Waals surface area contributed by atoms with Gasteiger partial charge in [0, 0.05) is 49.0 Å². The SMILES string of the molecule is O=C(NCCCl)NCCCN1c2ccncc2Sc2ccncc21. The molecule has 0 aliphatic carbocycles. The number of amides is 2. The lowest BCUT2D eigenvalue weighted by Gasteiger charge is -2.32. The molecule has 24 heavy (non-hydrogen) atoms. The number of alkyl halides is 1. The van der Waals surface area contributed by atoms with Crippen molar-refractivity contribution in [2.75, 3.05) is 30.4 Å². The van der Waals surface area contributed by atoms with Crippen LogP contribution < -0.4 is 15.5 Å². The van der Waals surface area contributed by atoms with Crippen molar-refractivity contribution in [1.29, 1.82) is 0 Å². The molecular formula is C16H18ClN5OS. The molecule has 2 amide bonds. The number of carbonyl (C=O) groups is 1.